The topological polar surface area (TPSA) is 132 Å². The number of amides is 3. The largest absolute Gasteiger partial charge is 0.454 e. The van der Waals surface area contributed by atoms with Gasteiger partial charge in [-0.1, -0.05) is 30.0 Å². The third-order valence-corrected chi connectivity index (χ3v) is 6.02. The van der Waals surface area contributed by atoms with Crippen LogP contribution in [0.15, 0.2) is 70.4 Å². The summed E-state index contributed by atoms with van der Waals surface area (Å²) in [6, 6.07) is 15.4. The lowest BCUT2D eigenvalue weighted by Crippen LogP contribution is -2.31. The van der Waals surface area contributed by atoms with E-state index in [4.69, 9.17) is 10.2 Å². The van der Waals surface area contributed by atoms with E-state index in [0.29, 0.717) is 22.7 Å². The number of fused-ring (bicyclic) bond motifs is 1. The van der Waals surface area contributed by atoms with Gasteiger partial charge in [0.1, 0.15) is 16.5 Å². The minimum Gasteiger partial charge on any atom is -0.454 e. The summed E-state index contributed by atoms with van der Waals surface area (Å²) in [4.78, 5) is 42.2. The molecule has 158 valence electrons. The fraction of sp³-hybridized carbons (Fsp3) is 0.0909. The fourth-order valence-corrected chi connectivity index (χ4v) is 4.37. The van der Waals surface area contributed by atoms with Crippen molar-refractivity contribution in [2.45, 2.75) is 16.8 Å². The van der Waals surface area contributed by atoms with Gasteiger partial charge in [-0.2, -0.15) is 5.10 Å². The highest BCUT2D eigenvalue weighted by molar-refractivity contribution is 8.00. The number of nitrogens with two attached hydrogens (primary N) is 1. The number of nitrogens with zero attached hydrogens (tertiary/aromatic N) is 4. The van der Waals surface area contributed by atoms with Gasteiger partial charge in [-0.05, 0) is 36.4 Å². The highest BCUT2D eigenvalue weighted by atomic mass is 32.2. The number of carbonyl (C=O) groups excluding carboxylic acids is 3. The molecule has 0 spiro atoms. The molecule has 2 aromatic carbocycles. The monoisotopic (exact) mass is 445 g/mol. The van der Waals surface area contributed by atoms with E-state index in [1.807, 2.05) is 30.3 Å². The van der Waals surface area contributed by atoms with Crippen LogP contribution in [0.3, 0.4) is 0 Å². The second kappa shape index (κ2) is 7.89. The lowest BCUT2D eigenvalue weighted by Gasteiger charge is -2.15. The van der Waals surface area contributed by atoms with Gasteiger partial charge in [0.15, 0.2) is 5.76 Å². The van der Waals surface area contributed by atoms with Crippen molar-refractivity contribution in [2.75, 3.05) is 4.90 Å². The Morgan fingerprint density at radius 1 is 1.12 bits per heavy atom. The molecule has 0 bridgehead atoms. The van der Waals surface area contributed by atoms with Crippen molar-refractivity contribution in [3.8, 4) is 11.5 Å². The van der Waals surface area contributed by atoms with E-state index in [1.165, 1.54) is 30.5 Å². The van der Waals surface area contributed by atoms with Crippen molar-refractivity contribution in [3.05, 3.63) is 66.4 Å². The first kappa shape index (κ1) is 19.9. The number of hydrogen-bond donors (Lipinski definition) is 1. The predicted octanol–water partition coefficient (Wildman–Crippen LogP) is 2.81. The zero-order chi connectivity index (χ0) is 22.2. The van der Waals surface area contributed by atoms with Crippen LogP contribution in [0.2, 0.25) is 0 Å². The van der Waals surface area contributed by atoms with Crippen LogP contribution in [0, 0.1) is 0 Å². The molecule has 1 unspecified atom stereocenters. The Labute approximate surface area is 185 Å². The molecule has 10 heteroatoms. The lowest BCUT2D eigenvalue weighted by molar-refractivity contribution is -0.121. The number of aromatic nitrogens is 3. The Bertz CT molecular complexity index is 1340. The van der Waals surface area contributed by atoms with E-state index in [1.54, 1.807) is 0 Å². The summed E-state index contributed by atoms with van der Waals surface area (Å²) in [6.07, 6.45) is 1.48. The summed E-state index contributed by atoms with van der Waals surface area (Å²) in [6.45, 7) is 0. The minimum absolute atomic E-state index is 0.000698. The Morgan fingerprint density at radius 3 is 2.66 bits per heavy atom. The second-order valence-corrected chi connectivity index (χ2v) is 8.23. The fourth-order valence-electron chi connectivity index (χ4n) is 3.43. The molecule has 2 N–H and O–H groups in total. The minimum atomic E-state index is -0.689. The maximum absolute atomic E-state index is 12.9. The standard InChI is InChI=1S/C22H15N5O4S/c23-20(29)12-5-7-14(8-6-12)27-19(28)10-18(21(27)30)32-22-25-15(11-24-26-22)17-9-13-3-1-2-4-16(13)31-17/h1-9,11,18H,10H2,(H2,23,29). The number of benzene rings is 2. The first-order valence-corrected chi connectivity index (χ1v) is 10.5. The van der Waals surface area contributed by atoms with Gasteiger partial charge in [-0.3, -0.25) is 14.4 Å². The number of thioether (sulfide) groups is 1. The molecule has 5 rings (SSSR count). The molecule has 4 aromatic rings. The van der Waals surface area contributed by atoms with Gasteiger partial charge in [0.05, 0.1) is 11.9 Å². The average molecular weight is 445 g/mol. The zero-order valence-corrected chi connectivity index (χ0v) is 17.3. The van der Waals surface area contributed by atoms with Gasteiger partial charge in [0.2, 0.25) is 22.9 Å². The van der Waals surface area contributed by atoms with Gasteiger partial charge < -0.3 is 10.2 Å². The molecule has 0 aliphatic carbocycles. The summed E-state index contributed by atoms with van der Waals surface area (Å²) in [5.41, 5.74) is 7.12. The van der Waals surface area contributed by atoms with Crippen molar-refractivity contribution in [3.63, 3.8) is 0 Å². The SMILES string of the molecule is NC(=O)c1ccc(N2C(=O)CC(Sc3nncc(-c4cc5ccccc5o4)n3)C2=O)cc1. The molecule has 0 saturated carbocycles. The van der Waals surface area contributed by atoms with Crippen molar-refractivity contribution >= 4 is 46.1 Å². The van der Waals surface area contributed by atoms with E-state index >= 15 is 0 Å². The summed E-state index contributed by atoms with van der Waals surface area (Å²) in [7, 11) is 0. The van der Waals surface area contributed by atoms with Crippen molar-refractivity contribution in [1.29, 1.82) is 0 Å². The van der Waals surface area contributed by atoms with Crippen molar-refractivity contribution in [1.82, 2.24) is 15.2 Å². The van der Waals surface area contributed by atoms with Gasteiger partial charge in [0.25, 0.3) is 0 Å². The second-order valence-electron chi connectivity index (χ2n) is 7.06. The van der Waals surface area contributed by atoms with Gasteiger partial charge in [0, 0.05) is 17.4 Å². The van der Waals surface area contributed by atoms with Crippen LogP contribution < -0.4 is 10.6 Å². The molecule has 1 aliphatic heterocycles. The Hall–Kier alpha value is -4.05. The molecule has 9 nitrogen and oxygen atoms in total. The van der Waals surface area contributed by atoms with Gasteiger partial charge in [-0.15, -0.1) is 5.10 Å². The molecule has 1 saturated heterocycles. The maximum atomic E-state index is 12.9. The Morgan fingerprint density at radius 2 is 1.91 bits per heavy atom. The maximum Gasteiger partial charge on any atom is 0.248 e. The Balaban J connectivity index is 1.36. The molecule has 3 amide bonds. The number of anilines is 1. The molecule has 1 atom stereocenters. The molecule has 2 aromatic heterocycles. The number of para-hydroxylation sites is 1. The van der Waals surface area contributed by atoms with Crippen LogP contribution in [0.1, 0.15) is 16.8 Å². The molecule has 1 aliphatic rings. The molecule has 0 radical (unpaired) electrons. The molecular weight excluding hydrogens is 430 g/mol. The molecule has 32 heavy (non-hydrogen) atoms. The predicted molar refractivity (Wildman–Crippen MR) is 117 cm³/mol. The van der Waals surface area contributed by atoms with E-state index in [0.717, 1.165) is 27.6 Å². The number of imide groups is 1. The number of furan rings is 1. The highest BCUT2D eigenvalue weighted by Gasteiger charge is 2.40. The van der Waals surface area contributed by atoms with Crippen LogP contribution in [-0.4, -0.2) is 38.2 Å². The summed E-state index contributed by atoms with van der Waals surface area (Å²) in [5.74, 6) is -0.781. The molecule has 1 fully saturated rings. The zero-order valence-electron chi connectivity index (χ0n) is 16.5. The van der Waals surface area contributed by atoms with E-state index < -0.39 is 11.2 Å². The summed E-state index contributed by atoms with van der Waals surface area (Å²) in [5, 5.41) is 8.48. The Kier molecular flexibility index (Phi) is 4.91. The van der Waals surface area contributed by atoms with E-state index in [2.05, 4.69) is 15.2 Å². The van der Waals surface area contributed by atoms with Gasteiger partial charge in [-0.25, -0.2) is 9.88 Å². The average Bonchev–Trinajstić information content (AvgIpc) is 3.35. The first-order valence-electron chi connectivity index (χ1n) is 9.61. The van der Waals surface area contributed by atoms with Crippen molar-refractivity contribution < 1.29 is 18.8 Å². The smallest absolute Gasteiger partial charge is 0.248 e. The van der Waals surface area contributed by atoms with Crippen molar-refractivity contribution in [2.24, 2.45) is 5.73 Å². The number of hydrogen-bond acceptors (Lipinski definition) is 8. The quantitative estimate of drug-likeness (QED) is 0.464. The third kappa shape index (κ3) is 3.60. The van der Waals surface area contributed by atoms with Crippen LogP contribution in [0.5, 0.6) is 0 Å². The number of carbonyl (C=O) groups is 3. The third-order valence-electron chi connectivity index (χ3n) is 4.98. The number of primary amides is 1. The van der Waals surface area contributed by atoms with Crippen LogP contribution in [0.25, 0.3) is 22.4 Å². The molecule has 3 heterocycles. The van der Waals surface area contributed by atoms with E-state index in [-0.39, 0.29) is 23.4 Å². The molecular formula is C22H15N5O4S. The number of rotatable bonds is 5. The first-order chi connectivity index (χ1) is 15.5. The van der Waals surface area contributed by atoms with E-state index in [9.17, 15) is 14.4 Å². The van der Waals surface area contributed by atoms with Crippen LogP contribution in [-0.2, 0) is 9.59 Å². The summed E-state index contributed by atoms with van der Waals surface area (Å²) < 4.78 is 5.82. The highest BCUT2D eigenvalue weighted by Crippen LogP contribution is 2.33. The van der Waals surface area contributed by atoms with Gasteiger partial charge >= 0.3 is 0 Å². The normalized spacial score (nSPS) is 16.1. The van der Waals surface area contributed by atoms with Crippen LogP contribution >= 0.6 is 11.8 Å². The lowest BCUT2D eigenvalue weighted by atomic mass is 10.2. The summed E-state index contributed by atoms with van der Waals surface area (Å²) >= 11 is 1.07. The van der Waals surface area contributed by atoms with Crippen LogP contribution in [0.4, 0.5) is 5.69 Å².